The molecule has 0 atom stereocenters. The van der Waals surface area contributed by atoms with Gasteiger partial charge in [-0.1, -0.05) is 30.3 Å². The van der Waals surface area contributed by atoms with Gasteiger partial charge in [-0.3, -0.25) is 4.79 Å². The molecule has 0 radical (unpaired) electrons. The largest absolute Gasteiger partial charge is 0.486 e. The van der Waals surface area contributed by atoms with Gasteiger partial charge in [0.15, 0.2) is 0 Å². The van der Waals surface area contributed by atoms with Crippen molar-refractivity contribution in [2.45, 2.75) is 44.2 Å². The molecule has 1 aliphatic carbocycles. The molecule has 26 heavy (non-hydrogen) atoms. The Bertz CT molecular complexity index is 889. The third-order valence-electron chi connectivity index (χ3n) is 5.23. The van der Waals surface area contributed by atoms with Gasteiger partial charge in [0.25, 0.3) is 5.91 Å². The summed E-state index contributed by atoms with van der Waals surface area (Å²) in [6.07, 6.45) is 1.82. The smallest absolute Gasteiger partial charge is 0.254 e. The van der Waals surface area contributed by atoms with Crippen molar-refractivity contribution in [1.29, 1.82) is 5.26 Å². The summed E-state index contributed by atoms with van der Waals surface area (Å²) in [5.74, 6) is 0.833. The van der Waals surface area contributed by atoms with E-state index >= 15 is 0 Å². The fourth-order valence-corrected chi connectivity index (χ4v) is 3.63. The molecule has 0 bridgehead atoms. The topological polar surface area (TPSA) is 53.3 Å². The molecule has 2 aromatic carbocycles. The number of hydrogen-bond donors (Lipinski definition) is 0. The Morgan fingerprint density at radius 1 is 1.12 bits per heavy atom. The number of nitrogens with zero attached hydrogens (tertiary/aromatic N) is 2. The highest BCUT2D eigenvalue weighted by atomic mass is 16.5. The van der Waals surface area contributed by atoms with Crippen LogP contribution in [-0.4, -0.2) is 23.0 Å². The molecule has 0 saturated heterocycles. The van der Waals surface area contributed by atoms with Gasteiger partial charge in [0.1, 0.15) is 11.4 Å². The van der Waals surface area contributed by atoms with Crippen LogP contribution < -0.4 is 4.74 Å². The third-order valence-corrected chi connectivity index (χ3v) is 5.23. The molecule has 2 aliphatic rings. The standard InChI is InChI=1S/C22H22N2O2/c1-21(2)15-24(13-17-5-3-4-6-19(17)26-21)20(25)16-7-9-18(10-8-16)22(14-23)11-12-22/h3-10H,11-13,15H2,1-2H3. The van der Waals surface area contributed by atoms with E-state index in [0.717, 1.165) is 29.7 Å². The molecule has 4 nitrogen and oxygen atoms in total. The number of amides is 1. The Hall–Kier alpha value is -2.80. The van der Waals surface area contributed by atoms with Crippen LogP contribution >= 0.6 is 0 Å². The van der Waals surface area contributed by atoms with Gasteiger partial charge in [-0.25, -0.2) is 0 Å². The van der Waals surface area contributed by atoms with Gasteiger partial charge in [0.05, 0.1) is 18.0 Å². The lowest BCUT2D eigenvalue weighted by Crippen LogP contribution is -2.43. The highest BCUT2D eigenvalue weighted by Gasteiger charge is 2.44. The SMILES string of the molecule is CC1(C)CN(C(=O)c2ccc(C3(C#N)CC3)cc2)Cc2ccccc2O1. The first-order valence-electron chi connectivity index (χ1n) is 9.00. The van der Waals surface area contributed by atoms with Gasteiger partial charge in [-0.2, -0.15) is 5.26 Å². The monoisotopic (exact) mass is 346 g/mol. The van der Waals surface area contributed by atoms with E-state index in [2.05, 4.69) is 6.07 Å². The van der Waals surface area contributed by atoms with Crippen molar-refractivity contribution in [2.75, 3.05) is 6.54 Å². The van der Waals surface area contributed by atoms with Gasteiger partial charge in [0, 0.05) is 17.7 Å². The van der Waals surface area contributed by atoms with Crippen molar-refractivity contribution in [1.82, 2.24) is 4.90 Å². The first-order valence-corrected chi connectivity index (χ1v) is 9.00. The molecular weight excluding hydrogens is 324 g/mol. The van der Waals surface area contributed by atoms with Gasteiger partial charge in [0.2, 0.25) is 0 Å². The summed E-state index contributed by atoms with van der Waals surface area (Å²) in [6.45, 7) is 5.05. The molecule has 0 spiro atoms. The normalized spacial score (nSPS) is 19.5. The Balaban J connectivity index is 1.60. The van der Waals surface area contributed by atoms with Gasteiger partial charge in [-0.05, 0) is 50.5 Å². The van der Waals surface area contributed by atoms with Crippen molar-refractivity contribution in [3.05, 3.63) is 65.2 Å². The molecule has 132 valence electrons. The molecule has 1 amide bonds. The van der Waals surface area contributed by atoms with Crippen molar-refractivity contribution in [2.24, 2.45) is 0 Å². The summed E-state index contributed by atoms with van der Waals surface area (Å²) in [4.78, 5) is 14.9. The van der Waals surface area contributed by atoms with Crippen molar-refractivity contribution >= 4 is 5.91 Å². The maximum atomic E-state index is 13.1. The number of carbonyl (C=O) groups excluding carboxylic acids is 1. The highest BCUT2D eigenvalue weighted by Crippen LogP contribution is 2.47. The first-order chi connectivity index (χ1) is 12.4. The molecular formula is C22H22N2O2. The summed E-state index contributed by atoms with van der Waals surface area (Å²) in [6, 6.07) is 17.8. The summed E-state index contributed by atoms with van der Waals surface area (Å²) in [5.41, 5.74) is 1.91. The zero-order valence-corrected chi connectivity index (χ0v) is 15.2. The molecule has 0 aromatic heterocycles. The zero-order chi connectivity index (χ0) is 18.4. The summed E-state index contributed by atoms with van der Waals surface area (Å²) in [5, 5.41) is 9.34. The minimum absolute atomic E-state index is 0.00765. The number of para-hydroxylation sites is 1. The Morgan fingerprint density at radius 3 is 2.46 bits per heavy atom. The fourth-order valence-electron chi connectivity index (χ4n) is 3.63. The predicted octanol–water partition coefficient (Wildman–Crippen LogP) is 4.06. The average molecular weight is 346 g/mol. The second kappa shape index (κ2) is 5.88. The Kier molecular flexibility index (Phi) is 3.77. The van der Waals surface area contributed by atoms with Crippen LogP contribution in [0.4, 0.5) is 0 Å². The third kappa shape index (κ3) is 2.94. The van der Waals surface area contributed by atoms with Crippen LogP contribution in [0.5, 0.6) is 5.75 Å². The van der Waals surface area contributed by atoms with Crippen molar-refractivity contribution in [3.8, 4) is 11.8 Å². The van der Waals surface area contributed by atoms with E-state index in [1.165, 1.54) is 0 Å². The number of nitriles is 1. The van der Waals surface area contributed by atoms with Gasteiger partial charge >= 0.3 is 0 Å². The van der Waals surface area contributed by atoms with E-state index in [4.69, 9.17) is 4.74 Å². The van der Waals surface area contributed by atoms with E-state index in [9.17, 15) is 10.1 Å². The lowest BCUT2D eigenvalue weighted by Gasteiger charge is -2.29. The lowest BCUT2D eigenvalue weighted by molar-refractivity contribution is 0.0501. The maximum absolute atomic E-state index is 13.1. The summed E-state index contributed by atoms with van der Waals surface area (Å²) >= 11 is 0. The van der Waals surface area contributed by atoms with Crippen LogP contribution in [0.2, 0.25) is 0 Å². The molecule has 1 aliphatic heterocycles. The summed E-state index contributed by atoms with van der Waals surface area (Å²) in [7, 11) is 0. The molecule has 4 heteroatoms. The van der Waals surface area contributed by atoms with E-state index < -0.39 is 5.60 Å². The lowest BCUT2D eigenvalue weighted by atomic mass is 9.96. The predicted molar refractivity (Wildman–Crippen MR) is 98.9 cm³/mol. The van der Waals surface area contributed by atoms with Crippen LogP contribution in [0.3, 0.4) is 0 Å². The molecule has 1 fully saturated rings. The van der Waals surface area contributed by atoms with Gasteiger partial charge < -0.3 is 9.64 Å². The second-order valence-electron chi connectivity index (χ2n) is 7.90. The minimum Gasteiger partial charge on any atom is -0.486 e. The molecule has 4 rings (SSSR count). The van der Waals surface area contributed by atoms with Crippen LogP contribution in [0.25, 0.3) is 0 Å². The van der Waals surface area contributed by atoms with E-state index in [1.807, 2.05) is 67.3 Å². The Labute approximate surface area is 154 Å². The van der Waals surface area contributed by atoms with Crippen LogP contribution in [0, 0.1) is 11.3 Å². The number of carbonyl (C=O) groups is 1. The van der Waals surface area contributed by atoms with Crippen LogP contribution in [-0.2, 0) is 12.0 Å². The number of hydrogen-bond acceptors (Lipinski definition) is 3. The number of benzene rings is 2. The second-order valence-corrected chi connectivity index (χ2v) is 7.90. The van der Waals surface area contributed by atoms with E-state index in [-0.39, 0.29) is 11.3 Å². The van der Waals surface area contributed by atoms with Crippen LogP contribution in [0.15, 0.2) is 48.5 Å². The highest BCUT2D eigenvalue weighted by molar-refractivity contribution is 5.94. The first kappa shape index (κ1) is 16.7. The van der Waals surface area contributed by atoms with Crippen LogP contribution in [0.1, 0.15) is 48.2 Å². The van der Waals surface area contributed by atoms with Crippen molar-refractivity contribution < 1.29 is 9.53 Å². The maximum Gasteiger partial charge on any atom is 0.254 e. The van der Waals surface area contributed by atoms with Crippen molar-refractivity contribution in [3.63, 3.8) is 0 Å². The molecule has 0 unspecified atom stereocenters. The number of ether oxygens (including phenoxy) is 1. The molecule has 2 aromatic rings. The van der Waals surface area contributed by atoms with Gasteiger partial charge in [-0.15, -0.1) is 0 Å². The summed E-state index contributed by atoms with van der Waals surface area (Å²) < 4.78 is 6.12. The molecule has 1 heterocycles. The number of rotatable bonds is 2. The molecule has 0 N–H and O–H groups in total. The van der Waals surface area contributed by atoms with E-state index in [0.29, 0.717) is 18.7 Å². The number of fused-ring (bicyclic) bond motifs is 1. The average Bonchev–Trinajstić information content (AvgIpc) is 3.44. The molecule has 1 saturated carbocycles. The van der Waals surface area contributed by atoms with E-state index in [1.54, 1.807) is 0 Å². The quantitative estimate of drug-likeness (QED) is 0.824. The zero-order valence-electron chi connectivity index (χ0n) is 15.2. The minimum atomic E-state index is -0.457. The fraction of sp³-hybridized carbons (Fsp3) is 0.364. The Morgan fingerprint density at radius 2 is 1.81 bits per heavy atom.